The molecule has 0 unspecified atom stereocenters. The van der Waals surface area contributed by atoms with Gasteiger partial charge >= 0.3 is 5.97 Å². The van der Waals surface area contributed by atoms with Crippen molar-refractivity contribution in [3.8, 4) is 0 Å². The van der Waals surface area contributed by atoms with Gasteiger partial charge < -0.3 is 9.84 Å². The summed E-state index contributed by atoms with van der Waals surface area (Å²) in [7, 11) is 0. The van der Waals surface area contributed by atoms with Crippen molar-refractivity contribution in [1.82, 2.24) is 0 Å². The Balaban J connectivity index is 2.13. The monoisotopic (exact) mass is 210 g/mol. The number of hydrogen-bond donors (Lipinski definition) is 1. The van der Waals surface area contributed by atoms with Gasteiger partial charge in [-0.2, -0.15) is 0 Å². The van der Waals surface area contributed by atoms with Crippen LogP contribution in [0.3, 0.4) is 0 Å². The zero-order valence-corrected chi connectivity index (χ0v) is 9.16. The Bertz CT molecular complexity index is 295. The summed E-state index contributed by atoms with van der Waals surface area (Å²) in [5.74, 6) is 0.0617. The van der Waals surface area contributed by atoms with Crippen LogP contribution < -0.4 is 0 Å². The summed E-state index contributed by atoms with van der Waals surface area (Å²) in [5, 5.41) is 10.4. The molecular formula is C12H18O3. The third-order valence-electron chi connectivity index (χ3n) is 3.68. The summed E-state index contributed by atoms with van der Waals surface area (Å²) in [6, 6.07) is 0. The number of ether oxygens (including phenoxy) is 1. The standard InChI is InChI=1S/C12H18O3/c1-2-15-11(13)8-10-6-5-9-4-3-7-12(9,10)14/h8-9,14H,2-7H2,1H3/b10-8+/t9-,12+/m0/s1. The molecule has 0 aromatic heterocycles. The minimum Gasteiger partial charge on any atom is -0.463 e. The van der Waals surface area contributed by atoms with E-state index in [0.717, 1.165) is 37.7 Å². The van der Waals surface area contributed by atoms with Crippen molar-refractivity contribution in [3.05, 3.63) is 11.6 Å². The predicted molar refractivity (Wildman–Crippen MR) is 56.2 cm³/mol. The van der Waals surface area contributed by atoms with Crippen molar-refractivity contribution in [3.63, 3.8) is 0 Å². The van der Waals surface area contributed by atoms with Crippen molar-refractivity contribution < 1.29 is 14.6 Å². The molecule has 15 heavy (non-hydrogen) atoms. The van der Waals surface area contributed by atoms with Gasteiger partial charge in [-0.15, -0.1) is 0 Å². The van der Waals surface area contributed by atoms with Crippen LogP contribution in [0.2, 0.25) is 0 Å². The molecule has 2 saturated carbocycles. The Hall–Kier alpha value is -0.830. The molecule has 2 fully saturated rings. The molecule has 0 bridgehead atoms. The van der Waals surface area contributed by atoms with Crippen LogP contribution in [0, 0.1) is 5.92 Å². The minimum absolute atomic E-state index is 0.312. The molecule has 2 aliphatic carbocycles. The van der Waals surface area contributed by atoms with E-state index < -0.39 is 5.60 Å². The Morgan fingerprint density at radius 3 is 3.20 bits per heavy atom. The fourth-order valence-electron chi connectivity index (χ4n) is 2.94. The fraction of sp³-hybridized carbons (Fsp3) is 0.750. The van der Waals surface area contributed by atoms with E-state index in [-0.39, 0.29) is 5.97 Å². The molecule has 2 atom stereocenters. The zero-order chi connectivity index (χ0) is 10.9. The highest BCUT2D eigenvalue weighted by Gasteiger charge is 2.48. The number of fused-ring (bicyclic) bond motifs is 1. The van der Waals surface area contributed by atoms with Gasteiger partial charge in [-0.05, 0) is 50.5 Å². The number of carbonyl (C=O) groups excluding carboxylic acids is 1. The average molecular weight is 210 g/mol. The van der Waals surface area contributed by atoms with Crippen molar-refractivity contribution >= 4 is 5.97 Å². The molecule has 3 nitrogen and oxygen atoms in total. The summed E-state index contributed by atoms with van der Waals surface area (Å²) >= 11 is 0. The van der Waals surface area contributed by atoms with Crippen molar-refractivity contribution in [2.45, 2.75) is 44.6 Å². The second-order valence-electron chi connectivity index (χ2n) is 4.47. The molecule has 84 valence electrons. The highest BCUT2D eigenvalue weighted by atomic mass is 16.5. The highest BCUT2D eigenvalue weighted by molar-refractivity contribution is 5.83. The van der Waals surface area contributed by atoms with Gasteiger partial charge in [0, 0.05) is 6.08 Å². The van der Waals surface area contributed by atoms with Gasteiger partial charge in [0.15, 0.2) is 0 Å². The van der Waals surface area contributed by atoms with Crippen LogP contribution >= 0.6 is 0 Å². The molecule has 0 aromatic rings. The third-order valence-corrected chi connectivity index (χ3v) is 3.68. The lowest BCUT2D eigenvalue weighted by molar-refractivity contribution is -0.137. The number of aliphatic hydroxyl groups is 1. The van der Waals surface area contributed by atoms with Crippen LogP contribution in [0.1, 0.15) is 39.0 Å². The first kappa shape index (κ1) is 10.7. The smallest absolute Gasteiger partial charge is 0.330 e. The van der Waals surface area contributed by atoms with E-state index in [1.165, 1.54) is 6.08 Å². The first-order chi connectivity index (χ1) is 7.16. The van der Waals surface area contributed by atoms with Crippen LogP contribution in [0.15, 0.2) is 11.6 Å². The van der Waals surface area contributed by atoms with Crippen LogP contribution in [-0.4, -0.2) is 23.3 Å². The van der Waals surface area contributed by atoms with E-state index >= 15 is 0 Å². The third kappa shape index (κ3) is 1.81. The largest absolute Gasteiger partial charge is 0.463 e. The summed E-state index contributed by atoms with van der Waals surface area (Å²) in [5.41, 5.74) is 0.204. The first-order valence-electron chi connectivity index (χ1n) is 5.77. The zero-order valence-electron chi connectivity index (χ0n) is 9.16. The summed E-state index contributed by atoms with van der Waals surface area (Å²) in [6.07, 6.45) is 6.34. The molecule has 0 aromatic carbocycles. The Morgan fingerprint density at radius 1 is 1.67 bits per heavy atom. The summed E-state index contributed by atoms with van der Waals surface area (Å²) in [4.78, 5) is 11.3. The lowest BCUT2D eigenvalue weighted by Gasteiger charge is -2.24. The van der Waals surface area contributed by atoms with Gasteiger partial charge in [0.05, 0.1) is 12.2 Å². The Morgan fingerprint density at radius 2 is 2.47 bits per heavy atom. The molecule has 0 amide bonds. The lowest BCUT2D eigenvalue weighted by Crippen LogP contribution is -2.30. The van der Waals surface area contributed by atoms with Gasteiger partial charge in [0.2, 0.25) is 0 Å². The van der Waals surface area contributed by atoms with Crippen molar-refractivity contribution in [2.24, 2.45) is 5.92 Å². The van der Waals surface area contributed by atoms with Gasteiger partial charge in [-0.3, -0.25) is 0 Å². The minimum atomic E-state index is -0.688. The molecule has 3 heteroatoms. The van der Waals surface area contributed by atoms with Gasteiger partial charge in [0.1, 0.15) is 0 Å². The predicted octanol–water partition coefficient (Wildman–Crippen LogP) is 1.80. The van der Waals surface area contributed by atoms with Crippen LogP contribution in [0.4, 0.5) is 0 Å². The number of esters is 1. The molecule has 0 radical (unpaired) electrons. The fourth-order valence-corrected chi connectivity index (χ4v) is 2.94. The lowest BCUT2D eigenvalue weighted by atomic mass is 9.91. The second-order valence-corrected chi connectivity index (χ2v) is 4.47. The Labute approximate surface area is 90.1 Å². The van der Waals surface area contributed by atoms with Gasteiger partial charge in [0.25, 0.3) is 0 Å². The molecule has 0 saturated heterocycles. The maximum Gasteiger partial charge on any atom is 0.330 e. The van der Waals surface area contributed by atoms with E-state index in [1.807, 2.05) is 0 Å². The maximum absolute atomic E-state index is 11.3. The van der Waals surface area contributed by atoms with Crippen molar-refractivity contribution in [2.75, 3.05) is 6.61 Å². The second kappa shape index (κ2) is 3.97. The molecular weight excluding hydrogens is 192 g/mol. The molecule has 0 heterocycles. The van der Waals surface area contributed by atoms with E-state index in [9.17, 15) is 9.90 Å². The average Bonchev–Trinajstić information content (AvgIpc) is 2.66. The SMILES string of the molecule is CCOC(=O)/C=C1\CC[C@@H]2CCC[C@]12O. The first-order valence-corrected chi connectivity index (χ1v) is 5.77. The van der Waals surface area contributed by atoms with Gasteiger partial charge in [-0.25, -0.2) is 4.79 Å². The van der Waals surface area contributed by atoms with E-state index in [1.54, 1.807) is 6.92 Å². The molecule has 1 N–H and O–H groups in total. The van der Waals surface area contributed by atoms with Crippen LogP contribution in [-0.2, 0) is 9.53 Å². The van der Waals surface area contributed by atoms with E-state index in [0.29, 0.717) is 12.5 Å². The van der Waals surface area contributed by atoms with Crippen LogP contribution in [0.25, 0.3) is 0 Å². The number of rotatable bonds is 2. The molecule has 2 aliphatic rings. The topological polar surface area (TPSA) is 46.5 Å². The maximum atomic E-state index is 11.3. The molecule has 0 spiro atoms. The normalized spacial score (nSPS) is 36.9. The number of hydrogen-bond acceptors (Lipinski definition) is 3. The highest BCUT2D eigenvalue weighted by Crippen LogP contribution is 2.50. The molecule has 2 rings (SSSR count). The number of carbonyl (C=O) groups is 1. The summed E-state index contributed by atoms with van der Waals surface area (Å²) < 4.78 is 4.87. The summed E-state index contributed by atoms with van der Waals surface area (Å²) in [6.45, 7) is 2.18. The van der Waals surface area contributed by atoms with E-state index in [2.05, 4.69) is 0 Å². The van der Waals surface area contributed by atoms with Crippen molar-refractivity contribution in [1.29, 1.82) is 0 Å². The van der Waals surface area contributed by atoms with E-state index in [4.69, 9.17) is 4.74 Å². The van der Waals surface area contributed by atoms with Crippen LogP contribution in [0.5, 0.6) is 0 Å². The quantitative estimate of drug-likeness (QED) is 0.558. The Kier molecular flexibility index (Phi) is 2.83. The van der Waals surface area contributed by atoms with Gasteiger partial charge in [-0.1, -0.05) is 0 Å². The molecule has 0 aliphatic heterocycles.